The van der Waals surface area contributed by atoms with Gasteiger partial charge in [-0.05, 0) is 29.9 Å². The van der Waals surface area contributed by atoms with E-state index in [0.717, 1.165) is 25.2 Å². The quantitative estimate of drug-likeness (QED) is 0.235. The number of benzene rings is 1. The molecule has 0 spiro atoms. The Morgan fingerprint density at radius 3 is 2.38 bits per heavy atom. The van der Waals surface area contributed by atoms with Gasteiger partial charge in [-0.3, -0.25) is 4.98 Å². The highest BCUT2D eigenvalue weighted by Crippen LogP contribution is 2.40. The summed E-state index contributed by atoms with van der Waals surface area (Å²) in [5, 5.41) is 0. The average molecular weight is 450 g/mol. The molecule has 2 atom stereocenters. The molecule has 1 saturated carbocycles. The molecule has 0 saturated heterocycles. The number of nitrogens with one attached hydrogen (secondary N) is 1. The summed E-state index contributed by atoms with van der Waals surface area (Å²) in [6.45, 7) is 7.40. The van der Waals surface area contributed by atoms with Crippen molar-refractivity contribution in [2.45, 2.75) is 108 Å². The standard InChI is InChI=1S/C29H45N2Si/c1-32(2,3)24-27(26-16-12-22-31-23-26)19-21-29(30,28-17-8-5-9-18-28)20-11-10-15-25-13-6-4-7-14-25/h5,8-9,12,16-18,22-23,25,27,30H,4,6-7,10-11,13-15,19-21,24H2,1-3H3/q-1. The number of hydrogen-bond donors (Lipinski definition) is 0. The fraction of sp³-hybridized carbons (Fsp3) is 0.621. The molecular formula is C29H45N2Si-. The van der Waals surface area contributed by atoms with E-state index in [9.17, 15) is 5.73 Å². The molecule has 1 aliphatic carbocycles. The number of unbranched alkanes of at least 4 members (excludes halogenated alkanes) is 1. The van der Waals surface area contributed by atoms with Crippen LogP contribution in [0.2, 0.25) is 25.7 Å². The molecule has 2 aromatic rings. The second kappa shape index (κ2) is 12.1. The van der Waals surface area contributed by atoms with E-state index in [1.54, 1.807) is 0 Å². The molecule has 1 aliphatic rings. The number of hydrogen-bond acceptors (Lipinski definition) is 1. The lowest BCUT2D eigenvalue weighted by molar-refractivity contribution is 0.319. The van der Waals surface area contributed by atoms with Crippen LogP contribution in [0.3, 0.4) is 0 Å². The van der Waals surface area contributed by atoms with Crippen LogP contribution in [0.1, 0.15) is 87.7 Å². The van der Waals surface area contributed by atoms with Crippen molar-refractivity contribution in [2.75, 3.05) is 0 Å². The smallest absolute Gasteiger partial charge is 0.0448 e. The van der Waals surface area contributed by atoms with Crippen molar-refractivity contribution >= 4 is 8.07 Å². The fourth-order valence-electron chi connectivity index (χ4n) is 5.67. The van der Waals surface area contributed by atoms with Crippen molar-refractivity contribution in [3.05, 3.63) is 71.7 Å². The first kappa shape index (κ1) is 25.2. The van der Waals surface area contributed by atoms with Gasteiger partial charge < -0.3 is 5.73 Å². The molecule has 32 heavy (non-hydrogen) atoms. The van der Waals surface area contributed by atoms with Crippen LogP contribution in [0, 0.1) is 5.92 Å². The molecule has 0 bridgehead atoms. The van der Waals surface area contributed by atoms with Gasteiger partial charge in [-0.15, -0.1) is 0 Å². The second-order valence-electron chi connectivity index (χ2n) is 11.5. The van der Waals surface area contributed by atoms with Crippen LogP contribution in [0.15, 0.2) is 54.9 Å². The minimum Gasteiger partial charge on any atom is -0.668 e. The first-order chi connectivity index (χ1) is 15.4. The lowest BCUT2D eigenvalue weighted by atomic mass is 9.78. The molecule has 1 fully saturated rings. The van der Waals surface area contributed by atoms with Crippen molar-refractivity contribution in [1.82, 2.24) is 4.98 Å². The molecule has 1 heterocycles. The Morgan fingerprint density at radius 1 is 0.969 bits per heavy atom. The molecular weight excluding hydrogens is 404 g/mol. The fourth-order valence-corrected chi connectivity index (χ4v) is 7.59. The normalized spacial score (nSPS) is 18.2. The number of pyridine rings is 1. The van der Waals surface area contributed by atoms with Gasteiger partial charge in [-0.2, -0.15) is 0 Å². The van der Waals surface area contributed by atoms with Crippen molar-refractivity contribution < 1.29 is 0 Å². The molecule has 0 radical (unpaired) electrons. The maximum atomic E-state index is 9.57. The Morgan fingerprint density at radius 2 is 1.72 bits per heavy atom. The number of rotatable bonds is 12. The monoisotopic (exact) mass is 449 g/mol. The van der Waals surface area contributed by atoms with Gasteiger partial charge in [-0.1, -0.05) is 137 Å². The minimum atomic E-state index is -1.22. The van der Waals surface area contributed by atoms with Crippen LogP contribution in [0.4, 0.5) is 0 Å². The summed E-state index contributed by atoms with van der Waals surface area (Å²) < 4.78 is 0. The largest absolute Gasteiger partial charge is 0.668 e. The summed E-state index contributed by atoms with van der Waals surface area (Å²) in [5.41, 5.74) is 11.7. The van der Waals surface area contributed by atoms with E-state index >= 15 is 0 Å². The van der Waals surface area contributed by atoms with Gasteiger partial charge in [-0.25, -0.2) is 0 Å². The Kier molecular flexibility index (Phi) is 9.55. The lowest BCUT2D eigenvalue weighted by Crippen LogP contribution is -2.26. The molecule has 1 N–H and O–H groups in total. The van der Waals surface area contributed by atoms with Gasteiger partial charge in [0, 0.05) is 20.5 Å². The van der Waals surface area contributed by atoms with E-state index in [4.69, 9.17) is 0 Å². The topological polar surface area (TPSA) is 36.7 Å². The van der Waals surface area contributed by atoms with Crippen molar-refractivity contribution in [2.24, 2.45) is 5.92 Å². The highest BCUT2D eigenvalue weighted by Gasteiger charge is 2.26. The molecule has 2 nitrogen and oxygen atoms in total. The maximum Gasteiger partial charge on any atom is 0.0448 e. The summed E-state index contributed by atoms with van der Waals surface area (Å²) in [6.07, 6.45) is 18.0. The van der Waals surface area contributed by atoms with Crippen LogP contribution < -0.4 is 0 Å². The highest BCUT2D eigenvalue weighted by atomic mass is 28.3. The van der Waals surface area contributed by atoms with E-state index in [-0.39, 0.29) is 0 Å². The minimum absolute atomic E-state index is 0.478. The van der Waals surface area contributed by atoms with Crippen LogP contribution >= 0.6 is 0 Å². The summed E-state index contributed by atoms with van der Waals surface area (Å²) in [6, 6.07) is 16.3. The van der Waals surface area contributed by atoms with Gasteiger partial charge in [0.15, 0.2) is 0 Å². The van der Waals surface area contributed by atoms with Crippen molar-refractivity contribution in [3.63, 3.8) is 0 Å². The summed E-state index contributed by atoms with van der Waals surface area (Å²) in [5.74, 6) is 1.47. The zero-order valence-corrected chi connectivity index (χ0v) is 21.8. The van der Waals surface area contributed by atoms with E-state index in [1.807, 2.05) is 6.20 Å². The van der Waals surface area contributed by atoms with Crippen LogP contribution in [-0.4, -0.2) is 13.1 Å². The van der Waals surface area contributed by atoms with Gasteiger partial charge in [0.05, 0.1) is 0 Å². The average Bonchev–Trinajstić information content (AvgIpc) is 2.81. The zero-order valence-electron chi connectivity index (χ0n) is 20.8. The summed E-state index contributed by atoms with van der Waals surface area (Å²) in [4.78, 5) is 4.41. The zero-order chi connectivity index (χ0) is 22.9. The molecule has 0 aliphatic heterocycles. The SMILES string of the molecule is C[Si](C)(C)CC(CCC([NH-])(CCCCC1CCCCC1)c1ccccc1)c1cccnc1. The van der Waals surface area contributed by atoms with Gasteiger partial charge >= 0.3 is 0 Å². The van der Waals surface area contributed by atoms with E-state index < -0.39 is 13.6 Å². The van der Waals surface area contributed by atoms with E-state index in [1.165, 1.54) is 68.5 Å². The van der Waals surface area contributed by atoms with E-state index in [0.29, 0.717) is 5.92 Å². The molecule has 2 unspecified atom stereocenters. The molecule has 1 aromatic heterocycles. The predicted molar refractivity (Wildman–Crippen MR) is 142 cm³/mol. The third-order valence-electron chi connectivity index (χ3n) is 7.45. The molecule has 3 heteroatoms. The van der Waals surface area contributed by atoms with Crippen LogP contribution in [0.5, 0.6) is 0 Å². The predicted octanol–water partition coefficient (Wildman–Crippen LogP) is 9.37. The number of aromatic nitrogens is 1. The second-order valence-corrected chi connectivity index (χ2v) is 17.0. The molecule has 1 aromatic carbocycles. The third-order valence-corrected chi connectivity index (χ3v) is 9.17. The summed E-state index contributed by atoms with van der Waals surface area (Å²) >= 11 is 0. The Hall–Kier alpha value is -1.45. The van der Waals surface area contributed by atoms with Gasteiger partial charge in [0.1, 0.15) is 0 Å². The molecule has 0 amide bonds. The Labute approximate surface area is 198 Å². The van der Waals surface area contributed by atoms with Crippen molar-refractivity contribution in [1.29, 1.82) is 0 Å². The van der Waals surface area contributed by atoms with Gasteiger partial charge in [0.2, 0.25) is 0 Å². The molecule has 3 rings (SSSR count). The first-order valence-electron chi connectivity index (χ1n) is 13.1. The lowest BCUT2D eigenvalue weighted by Gasteiger charge is -2.41. The molecule has 176 valence electrons. The van der Waals surface area contributed by atoms with E-state index in [2.05, 4.69) is 73.3 Å². The summed E-state index contributed by atoms with van der Waals surface area (Å²) in [7, 11) is -1.22. The maximum absolute atomic E-state index is 9.57. The van der Waals surface area contributed by atoms with Gasteiger partial charge in [0.25, 0.3) is 0 Å². The Bertz CT molecular complexity index is 765. The highest BCUT2D eigenvalue weighted by molar-refractivity contribution is 6.76. The third kappa shape index (κ3) is 8.15. The Balaban J connectivity index is 1.65. The van der Waals surface area contributed by atoms with Crippen LogP contribution in [-0.2, 0) is 5.54 Å². The van der Waals surface area contributed by atoms with Crippen LogP contribution in [0.25, 0.3) is 5.73 Å². The number of nitrogens with zero attached hydrogens (tertiary/aromatic N) is 1. The first-order valence-corrected chi connectivity index (χ1v) is 16.8. The van der Waals surface area contributed by atoms with Crippen molar-refractivity contribution in [3.8, 4) is 0 Å².